The number of nitrogens with two attached hydrogens (primary N) is 1. The van der Waals surface area contributed by atoms with Crippen LogP contribution >= 0.6 is 12.6 Å². The molecule has 12 heavy (non-hydrogen) atoms. The van der Waals surface area contributed by atoms with Crippen LogP contribution in [0.5, 0.6) is 5.75 Å². The third-order valence-electron chi connectivity index (χ3n) is 1.42. The second kappa shape index (κ2) is 4.23. The largest absolute Gasteiger partial charge is 0.492 e. The van der Waals surface area contributed by atoms with Crippen LogP contribution in [0.4, 0.5) is 5.69 Å². The van der Waals surface area contributed by atoms with E-state index in [4.69, 9.17) is 10.6 Å². The average molecular weight is 184 g/mol. The van der Waals surface area contributed by atoms with Gasteiger partial charge in [0.1, 0.15) is 5.75 Å². The Morgan fingerprint density at radius 3 is 2.92 bits per heavy atom. The molecule has 0 fully saturated rings. The third-order valence-corrected chi connectivity index (χ3v) is 1.70. The predicted octanol–water partition coefficient (Wildman–Crippen LogP) is 1.66. The Kier molecular flexibility index (Phi) is 3.25. The van der Waals surface area contributed by atoms with Crippen molar-refractivity contribution >= 4 is 18.3 Å². The number of hydrazine groups is 1. The van der Waals surface area contributed by atoms with Crippen molar-refractivity contribution in [1.82, 2.24) is 0 Å². The van der Waals surface area contributed by atoms with E-state index in [1.165, 1.54) is 0 Å². The average Bonchev–Trinajstić information content (AvgIpc) is 2.08. The van der Waals surface area contributed by atoms with E-state index in [-0.39, 0.29) is 0 Å². The number of ether oxygens (including phenoxy) is 1. The molecule has 0 saturated heterocycles. The molecule has 0 saturated carbocycles. The number of nitrogen functional groups attached to an aromatic ring is 1. The Hall–Kier alpha value is -0.870. The summed E-state index contributed by atoms with van der Waals surface area (Å²) in [6, 6.07) is 5.50. The zero-order valence-electron chi connectivity index (χ0n) is 6.87. The summed E-state index contributed by atoms with van der Waals surface area (Å²) in [7, 11) is 0. The molecule has 0 atom stereocenters. The van der Waals surface area contributed by atoms with Crippen LogP contribution in [-0.4, -0.2) is 6.61 Å². The quantitative estimate of drug-likeness (QED) is 0.380. The van der Waals surface area contributed by atoms with Crippen LogP contribution in [0.25, 0.3) is 0 Å². The van der Waals surface area contributed by atoms with Crippen molar-refractivity contribution < 1.29 is 4.74 Å². The molecule has 0 aliphatic heterocycles. The molecule has 0 radical (unpaired) electrons. The maximum absolute atomic E-state index is 5.31. The predicted molar refractivity (Wildman–Crippen MR) is 52.7 cm³/mol. The Morgan fingerprint density at radius 1 is 1.58 bits per heavy atom. The number of hydrogen-bond acceptors (Lipinski definition) is 4. The molecular weight excluding hydrogens is 172 g/mol. The third kappa shape index (κ3) is 2.06. The van der Waals surface area contributed by atoms with Gasteiger partial charge in [-0.2, -0.15) is 0 Å². The van der Waals surface area contributed by atoms with E-state index in [2.05, 4.69) is 18.1 Å². The molecule has 3 nitrogen and oxygen atoms in total. The van der Waals surface area contributed by atoms with Crippen LogP contribution in [0, 0.1) is 0 Å². The van der Waals surface area contributed by atoms with Crippen molar-refractivity contribution in [3.05, 3.63) is 18.2 Å². The monoisotopic (exact) mass is 184 g/mol. The van der Waals surface area contributed by atoms with Crippen molar-refractivity contribution in [2.24, 2.45) is 5.84 Å². The fourth-order valence-corrected chi connectivity index (χ4v) is 1.12. The fraction of sp³-hybridized carbons (Fsp3) is 0.250. The number of anilines is 1. The molecule has 0 spiro atoms. The number of rotatable bonds is 3. The van der Waals surface area contributed by atoms with Crippen LogP contribution in [0.2, 0.25) is 0 Å². The minimum Gasteiger partial charge on any atom is -0.492 e. The Labute approximate surface area is 77.3 Å². The lowest BCUT2D eigenvalue weighted by atomic mass is 10.3. The zero-order chi connectivity index (χ0) is 8.97. The van der Waals surface area contributed by atoms with Gasteiger partial charge in [-0.3, -0.25) is 5.84 Å². The van der Waals surface area contributed by atoms with Crippen molar-refractivity contribution in [3.8, 4) is 5.75 Å². The zero-order valence-corrected chi connectivity index (χ0v) is 7.77. The minimum atomic E-state index is 0.626. The summed E-state index contributed by atoms with van der Waals surface area (Å²) in [5.41, 5.74) is 3.30. The first-order chi connectivity index (χ1) is 5.77. The van der Waals surface area contributed by atoms with Gasteiger partial charge in [-0.25, -0.2) is 0 Å². The van der Waals surface area contributed by atoms with Crippen molar-refractivity contribution in [3.63, 3.8) is 0 Å². The maximum Gasteiger partial charge on any atom is 0.143 e. The summed E-state index contributed by atoms with van der Waals surface area (Å²) >= 11 is 4.17. The van der Waals surface area contributed by atoms with Gasteiger partial charge in [-0.05, 0) is 25.1 Å². The molecule has 0 bridgehead atoms. The van der Waals surface area contributed by atoms with Gasteiger partial charge in [0.2, 0.25) is 0 Å². The van der Waals surface area contributed by atoms with E-state index >= 15 is 0 Å². The van der Waals surface area contributed by atoms with Gasteiger partial charge in [0.05, 0.1) is 12.3 Å². The molecule has 1 rings (SSSR count). The van der Waals surface area contributed by atoms with E-state index in [0.717, 1.165) is 16.3 Å². The highest BCUT2D eigenvalue weighted by Gasteiger charge is 2.00. The smallest absolute Gasteiger partial charge is 0.143 e. The van der Waals surface area contributed by atoms with Gasteiger partial charge >= 0.3 is 0 Å². The van der Waals surface area contributed by atoms with Gasteiger partial charge in [0, 0.05) is 4.90 Å². The first kappa shape index (κ1) is 9.22. The highest BCUT2D eigenvalue weighted by Crippen LogP contribution is 2.25. The fourth-order valence-electron chi connectivity index (χ4n) is 0.912. The summed E-state index contributed by atoms with van der Waals surface area (Å²) in [6.07, 6.45) is 0. The summed E-state index contributed by atoms with van der Waals surface area (Å²) < 4.78 is 5.31. The summed E-state index contributed by atoms with van der Waals surface area (Å²) in [5, 5.41) is 0. The molecular formula is C8H12N2OS. The molecule has 0 heterocycles. The van der Waals surface area contributed by atoms with Crippen LogP contribution in [0.15, 0.2) is 23.1 Å². The second-order valence-electron chi connectivity index (χ2n) is 2.26. The number of nitrogens with one attached hydrogen (secondary N) is 1. The molecule has 4 heteroatoms. The lowest BCUT2D eigenvalue weighted by molar-refractivity contribution is 0.341. The molecule has 1 aromatic carbocycles. The van der Waals surface area contributed by atoms with E-state index in [1.54, 1.807) is 0 Å². The number of benzene rings is 1. The second-order valence-corrected chi connectivity index (χ2v) is 2.77. The van der Waals surface area contributed by atoms with Crippen LogP contribution in [0.1, 0.15) is 6.92 Å². The van der Waals surface area contributed by atoms with Gasteiger partial charge in [-0.15, -0.1) is 12.6 Å². The highest BCUT2D eigenvalue weighted by atomic mass is 32.1. The molecule has 1 aromatic rings. The Bertz CT molecular complexity index is 265. The van der Waals surface area contributed by atoms with E-state index in [1.807, 2.05) is 25.1 Å². The molecule has 0 aliphatic carbocycles. The standard InChI is InChI=1S/C8H12N2OS/c1-2-11-8-4-3-6(12)5-7(8)10-9/h3-5,10,12H,2,9H2,1H3. The number of hydrogen-bond donors (Lipinski definition) is 3. The van der Waals surface area contributed by atoms with Gasteiger partial charge in [0.15, 0.2) is 0 Å². The van der Waals surface area contributed by atoms with E-state index in [0.29, 0.717) is 6.61 Å². The van der Waals surface area contributed by atoms with Crippen LogP contribution in [-0.2, 0) is 0 Å². The van der Waals surface area contributed by atoms with Crippen molar-refractivity contribution in [2.45, 2.75) is 11.8 Å². The SMILES string of the molecule is CCOc1ccc(S)cc1NN. The molecule has 0 unspecified atom stereocenters. The van der Waals surface area contributed by atoms with Crippen LogP contribution < -0.4 is 16.0 Å². The van der Waals surface area contributed by atoms with Crippen LogP contribution in [0.3, 0.4) is 0 Å². The lowest BCUT2D eigenvalue weighted by Gasteiger charge is -2.09. The van der Waals surface area contributed by atoms with E-state index < -0.39 is 0 Å². The minimum absolute atomic E-state index is 0.626. The first-order valence-electron chi connectivity index (χ1n) is 3.70. The molecule has 66 valence electrons. The van der Waals surface area contributed by atoms with E-state index in [9.17, 15) is 0 Å². The van der Waals surface area contributed by atoms with Crippen molar-refractivity contribution in [1.29, 1.82) is 0 Å². The van der Waals surface area contributed by atoms with Crippen molar-refractivity contribution in [2.75, 3.05) is 12.0 Å². The number of thiol groups is 1. The molecule has 0 aromatic heterocycles. The summed E-state index contributed by atoms with van der Waals surface area (Å²) in [5.74, 6) is 6.03. The summed E-state index contributed by atoms with van der Waals surface area (Å²) in [6.45, 7) is 2.55. The Morgan fingerprint density at radius 2 is 2.33 bits per heavy atom. The normalized spacial score (nSPS) is 9.58. The topological polar surface area (TPSA) is 47.3 Å². The molecule has 0 aliphatic rings. The maximum atomic E-state index is 5.31. The molecule has 0 amide bonds. The molecule has 3 N–H and O–H groups in total. The summed E-state index contributed by atoms with van der Waals surface area (Å²) in [4.78, 5) is 0.853. The first-order valence-corrected chi connectivity index (χ1v) is 4.15. The van der Waals surface area contributed by atoms with Gasteiger partial charge in [-0.1, -0.05) is 0 Å². The van der Waals surface area contributed by atoms with Gasteiger partial charge in [0.25, 0.3) is 0 Å². The Balaban J connectivity index is 2.94. The highest BCUT2D eigenvalue weighted by molar-refractivity contribution is 7.80. The lowest BCUT2D eigenvalue weighted by Crippen LogP contribution is -2.08. The van der Waals surface area contributed by atoms with Gasteiger partial charge < -0.3 is 10.2 Å².